The second-order valence-electron chi connectivity index (χ2n) is 6.78. The van der Waals surface area contributed by atoms with Crippen LogP contribution in [-0.4, -0.2) is 77.0 Å². The third kappa shape index (κ3) is 4.07. The Morgan fingerprint density at radius 1 is 1.17 bits per heavy atom. The maximum absolute atomic E-state index is 9.98. The molecule has 0 bridgehead atoms. The van der Waals surface area contributed by atoms with E-state index in [0.29, 0.717) is 13.2 Å². The van der Waals surface area contributed by atoms with Gasteiger partial charge in [-0.15, -0.1) is 0 Å². The second-order valence-corrected chi connectivity index (χ2v) is 6.78. The zero-order chi connectivity index (χ0) is 17.1. The Morgan fingerprint density at radius 3 is 2.58 bits per heavy atom. The van der Waals surface area contributed by atoms with Crippen LogP contribution in [0.25, 0.3) is 0 Å². The van der Waals surface area contributed by atoms with Gasteiger partial charge in [0.15, 0.2) is 0 Å². The number of ether oxygens (including phenoxy) is 2. The van der Waals surface area contributed by atoms with Gasteiger partial charge in [0.2, 0.25) is 0 Å². The molecule has 0 aromatic heterocycles. The molecule has 5 atom stereocenters. The lowest BCUT2D eigenvalue weighted by atomic mass is 9.94. The zero-order valence-electron chi connectivity index (χ0n) is 14.0. The van der Waals surface area contributed by atoms with Gasteiger partial charge in [0.25, 0.3) is 0 Å². The molecule has 2 fully saturated rings. The van der Waals surface area contributed by atoms with Crippen molar-refractivity contribution in [2.24, 2.45) is 0 Å². The Labute approximate surface area is 142 Å². The fourth-order valence-corrected chi connectivity index (χ4v) is 3.34. The Balaban J connectivity index is 1.51. The fraction of sp³-hybridized carbons (Fsp3) is 0.667. The van der Waals surface area contributed by atoms with Crippen LogP contribution in [0.1, 0.15) is 18.9 Å². The van der Waals surface area contributed by atoms with E-state index in [1.54, 1.807) is 0 Å². The van der Waals surface area contributed by atoms with Crippen molar-refractivity contribution in [1.29, 1.82) is 0 Å². The quantitative estimate of drug-likeness (QED) is 0.711. The first kappa shape index (κ1) is 17.6. The van der Waals surface area contributed by atoms with Gasteiger partial charge in [-0.25, -0.2) is 0 Å². The highest BCUT2D eigenvalue weighted by atomic mass is 16.5. The van der Waals surface area contributed by atoms with Crippen LogP contribution in [0.4, 0.5) is 0 Å². The van der Waals surface area contributed by atoms with Crippen LogP contribution < -0.4 is 4.74 Å². The Bertz CT molecular complexity index is 517. The summed E-state index contributed by atoms with van der Waals surface area (Å²) in [5.74, 6) is 0.856. The van der Waals surface area contributed by atoms with E-state index in [1.807, 2.05) is 36.1 Å². The molecule has 3 N–H and O–H groups in total. The molecule has 2 aliphatic rings. The van der Waals surface area contributed by atoms with Crippen molar-refractivity contribution in [2.45, 2.75) is 50.2 Å². The first-order chi connectivity index (χ1) is 11.5. The average Bonchev–Trinajstić information content (AvgIpc) is 3.09. The summed E-state index contributed by atoms with van der Waals surface area (Å²) in [5, 5.41) is 29.5. The maximum Gasteiger partial charge on any atom is 0.124 e. The molecule has 1 unspecified atom stereocenters. The van der Waals surface area contributed by atoms with Gasteiger partial charge in [0.05, 0.1) is 25.4 Å². The van der Waals surface area contributed by atoms with Gasteiger partial charge in [0, 0.05) is 25.6 Å². The summed E-state index contributed by atoms with van der Waals surface area (Å²) >= 11 is 0. The minimum absolute atomic E-state index is 0.152. The van der Waals surface area contributed by atoms with Crippen LogP contribution in [-0.2, 0) is 11.2 Å². The third-order valence-corrected chi connectivity index (χ3v) is 5.04. The Hall–Kier alpha value is -1.18. The number of rotatable bonds is 5. The van der Waals surface area contributed by atoms with E-state index in [0.717, 1.165) is 31.7 Å². The van der Waals surface area contributed by atoms with Crippen molar-refractivity contribution in [1.82, 2.24) is 4.90 Å². The minimum Gasteiger partial charge on any atom is -0.488 e. The minimum atomic E-state index is -1.06. The van der Waals surface area contributed by atoms with E-state index in [1.165, 1.54) is 5.56 Å². The number of hydrogen-bond acceptors (Lipinski definition) is 6. The predicted octanol–water partition coefficient (Wildman–Crippen LogP) is 0.184. The summed E-state index contributed by atoms with van der Waals surface area (Å²) in [7, 11) is 0. The first-order valence-electron chi connectivity index (χ1n) is 8.66. The molecule has 0 radical (unpaired) electrons. The molecular weight excluding hydrogens is 310 g/mol. The SMILES string of the molecule is C[C@@H]1[C@@H](O)[C@H](O)[C@@H](O)CN1CCc1ccc(OC2CCOC2)cc1. The van der Waals surface area contributed by atoms with Crippen LogP contribution in [0.2, 0.25) is 0 Å². The van der Waals surface area contributed by atoms with Crippen LogP contribution in [0.15, 0.2) is 24.3 Å². The van der Waals surface area contributed by atoms with Crippen molar-refractivity contribution in [3.8, 4) is 5.75 Å². The molecule has 24 heavy (non-hydrogen) atoms. The number of aliphatic hydroxyl groups excluding tert-OH is 3. The van der Waals surface area contributed by atoms with Crippen molar-refractivity contribution < 1.29 is 24.8 Å². The van der Waals surface area contributed by atoms with Gasteiger partial charge in [-0.3, -0.25) is 4.90 Å². The smallest absolute Gasteiger partial charge is 0.124 e. The molecule has 134 valence electrons. The molecular formula is C18H27NO5. The molecule has 6 nitrogen and oxygen atoms in total. The fourth-order valence-electron chi connectivity index (χ4n) is 3.34. The lowest BCUT2D eigenvalue weighted by Crippen LogP contribution is -2.60. The van der Waals surface area contributed by atoms with Crippen molar-refractivity contribution in [3.05, 3.63) is 29.8 Å². The number of piperidine rings is 1. The molecule has 0 saturated carbocycles. The molecule has 1 aromatic carbocycles. The lowest BCUT2D eigenvalue weighted by Gasteiger charge is -2.42. The topological polar surface area (TPSA) is 82.4 Å². The first-order valence-corrected chi connectivity index (χ1v) is 8.66. The van der Waals surface area contributed by atoms with Crippen molar-refractivity contribution >= 4 is 0 Å². The lowest BCUT2D eigenvalue weighted by molar-refractivity contribution is -0.132. The van der Waals surface area contributed by atoms with E-state index in [2.05, 4.69) is 0 Å². The van der Waals surface area contributed by atoms with Gasteiger partial charge >= 0.3 is 0 Å². The van der Waals surface area contributed by atoms with Gasteiger partial charge in [-0.05, 0) is 31.0 Å². The number of hydrogen-bond donors (Lipinski definition) is 3. The number of benzene rings is 1. The Kier molecular flexibility index (Phi) is 5.73. The summed E-state index contributed by atoms with van der Waals surface area (Å²) in [6.45, 7) is 4.40. The molecule has 2 heterocycles. The van der Waals surface area contributed by atoms with Gasteiger partial charge in [-0.1, -0.05) is 12.1 Å². The molecule has 0 amide bonds. The second kappa shape index (κ2) is 7.80. The zero-order valence-corrected chi connectivity index (χ0v) is 14.0. The number of likely N-dealkylation sites (tertiary alicyclic amines) is 1. The summed E-state index contributed by atoms with van der Waals surface area (Å²) in [5.41, 5.74) is 1.17. The van der Waals surface area contributed by atoms with E-state index in [-0.39, 0.29) is 12.1 Å². The monoisotopic (exact) mass is 337 g/mol. The highest BCUT2D eigenvalue weighted by Gasteiger charge is 2.38. The van der Waals surface area contributed by atoms with Crippen LogP contribution in [0.5, 0.6) is 5.75 Å². The normalized spacial score (nSPS) is 34.4. The average molecular weight is 337 g/mol. The summed E-state index contributed by atoms with van der Waals surface area (Å²) in [6, 6.07) is 7.86. The molecule has 3 rings (SSSR count). The van der Waals surface area contributed by atoms with Crippen LogP contribution in [0.3, 0.4) is 0 Å². The van der Waals surface area contributed by atoms with E-state index < -0.39 is 18.3 Å². The molecule has 0 spiro atoms. The number of nitrogens with zero attached hydrogens (tertiary/aromatic N) is 1. The summed E-state index contributed by atoms with van der Waals surface area (Å²) in [6.07, 6.45) is -0.983. The highest BCUT2D eigenvalue weighted by molar-refractivity contribution is 5.27. The molecule has 2 saturated heterocycles. The van der Waals surface area contributed by atoms with Crippen molar-refractivity contribution in [3.63, 3.8) is 0 Å². The number of aliphatic hydroxyl groups is 3. The Morgan fingerprint density at radius 2 is 1.92 bits per heavy atom. The van der Waals surface area contributed by atoms with Crippen molar-refractivity contribution in [2.75, 3.05) is 26.3 Å². The molecule has 0 aliphatic carbocycles. The molecule has 6 heteroatoms. The van der Waals surface area contributed by atoms with E-state index >= 15 is 0 Å². The third-order valence-electron chi connectivity index (χ3n) is 5.04. The molecule has 1 aromatic rings. The number of β-amino-alcohol motifs (C(OH)–C–C–N with tert-alkyl or cyclic N) is 1. The van der Waals surface area contributed by atoms with Gasteiger partial charge in [0.1, 0.15) is 18.0 Å². The predicted molar refractivity (Wildman–Crippen MR) is 89.1 cm³/mol. The van der Waals surface area contributed by atoms with Crippen LogP contribution >= 0.6 is 0 Å². The van der Waals surface area contributed by atoms with Crippen LogP contribution in [0, 0.1) is 0 Å². The maximum atomic E-state index is 9.98. The molecule has 2 aliphatic heterocycles. The van der Waals surface area contributed by atoms with E-state index in [4.69, 9.17) is 9.47 Å². The largest absolute Gasteiger partial charge is 0.488 e. The highest BCUT2D eigenvalue weighted by Crippen LogP contribution is 2.21. The van der Waals surface area contributed by atoms with Gasteiger partial charge in [-0.2, -0.15) is 0 Å². The van der Waals surface area contributed by atoms with Gasteiger partial charge < -0.3 is 24.8 Å². The van der Waals surface area contributed by atoms with E-state index in [9.17, 15) is 15.3 Å². The summed E-state index contributed by atoms with van der Waals surface area (Å²) in [4.78, 5) is 2.02. The summed E-state index contributed by atoms with van der Waals surface area (Å²) < 4.78 is 11.2. The standard InChI is InChI=1S/C18H27NO5/c1-12-17(21)18(22)16(20)10-19(12)8-6-13-2-4-14(5-3-13)24-15-7-9-23-11-15/h2-5,12,15-18,20-22H,6-11H2,1H3/t12-,15?,16+,17-,18-/m1/s1.